The van der Waals surface area contributed by atoms with Crippen LogP contribution in [0.1, 0.15) is 33.1 Å². The molecule has 1 heterocycles. The van der Waals surface area contributed by atoms with Crippen molar-refractivity contribution in [3.05, 3.63) is 87.0 Å². The van der Waals surface area contributed by atoms with E-state index in [1.165, 1.54) is 24.3 Å². The Morgan fingerprint density at radius 1 is 0.857 bits per heavy atom. The maximum atomic E-state index is 13.7. The lowest BCUT2D eigenvalue weighted by atomic mass is 9.87. The number of nitro benzene ring substituents is 1. The van der Waals surface area contributed by atoms with E-state index in [0.717, 1.165) is 16.7 Å². The number of hydrogen-bond donors (Lipinski definition) is 0. The SMILES string of the molecule is COc1ccc([C@H]2c3cc(OC)c(OC)cc3CCN2C(=O)c2ccc([N+](=O)[O-])cc2)cc1OC. The van der Waals surface area contributed by atoms with Crippen LogP contribution in [0.25, 0.3) is 0 Å². The van der Waals surface area contributed by atoms with E-state index in [1.807, 2.05) is 24.3 Å². The molecule has 4 rings (SSSR count). The summed E-state index contributed by atoms with van der Waals surface area (Å²) in [7, 11) is 6.28. The van der Waals surface area contributed by atoms with Crippen LogP contribution in [0.4, 0.5) is 5.69 Å². The Morgan fingerprint density at radius 3 is 2.06 bits per heavy atom. The molecule has 1 atom stereocenters. The number of fused-ring (bicyclic) bond motifs is 1. The summed E-state index contributed by atoms with van der Waals surface area (Å²) < 4.78 is 21.9. The van der Waals surface area contributed by atoms with Crippen molar-refractivity contribution < 1.29 is 28.7 Å². The van der Waals surface area contributed by atoms with Gasteiger partial charge in [0, 0.05) is 24.2 Å². The second-order valence-electron chi connectivity index (χ2n) is 7.98. The predicted molar refractivity (Wildman–Crippen MR) is 129 cm³/mol. The molecule has 0 aliphatic carbocycles. The predicted octanol–water partition coefficient (Wildman–Crippen LogP) is 4.42. The number of methoxy groups -OCH3 is 4. The molecule has 1 amide bonds. The second kappa shape index (κ2) is 9.92. The number of benzene rings is 3. The van der Waals surface area contributed by atoms with Crippen LogP contribution >= 0.6 is 0 Å². The van der Waals surface area contributed by atoms with Crippen LogP contribution in [-0.2, 0) is 6.42 Å². The van der Waals surface area contributed by atoms with E-state index in [2.05, 4.69) is 0 Å². The summed E-state index contributed by atoms with van der Waals surface area (Å²) in [6.07, 6.45) is 0.609. The van der Waals surface area contributed by atoms with Crippen molar-refractivity contribution in [1.29, 1.82) is 0 Å². The molecule has 1 aliphatic heterocycles. The minimum atomic E-state index is -0.489. The highest BCUT2D eigenvalue weighted by atomic mass is 16.6. The van der Waals surface area contributed by atoms with Crippen molar-refractivity contribution >= 4 is 11.6 Å². The number of ether oxygens (including phenoxy) is 4. The summed E-state index contributed by atoms with van der Waals surface area (Å²) in [6.45, 7) is 0.442. The van der Waals surface area contributed by atoms with Crippen LogP contribution in [0.3, 0.4) is 0 Å². The first-order valence-electron chi connectivity index (χ1n) is 10.9. The van der Waals surface area contributed by atoms with Crippen molar-refractivity contribution in [2.45, 2.75) is 12.5 Å². The molecule has 0 saturated heterocycles. The van der Waals surface area contributed by atoms with E-state index >= 15 is 0 Å². The fourth-order valence-corrected chi connectivity index (χ4v) is 4.44. The molecule has 0 spiro atoms. The fourth-order valence-electron chi connectivity index (χ4n) is 4.44. The lowest BCUT2D eigenvalue weighted by Gasteiger charge is -2.38. The zero-order valence-corrected chi connectivity index (χ0v) is 19.9. The summed E-state index contributed by atoms with van der Waals surface area (Å²) in [5, 5.41) is 11.0. The van der Waals surface area contributed by atoms with Gasteiger partial charge in [-0.25, -0.2) is 0 Å². The van der Waals surface area contributed by atoms with Gasteiger partial charge in [-0.2, -0.15) is 0 Å². The first-order chi connectivity index (χ1) is 16.9. The molecule has 0 radical (unpaired) electrons. The molecule has 0 saturated carbocycles. The molecule has 0 unspecified atom stereocenters. The highest BCUT2D eigenvalue weighted by Gasteiger charge is 2.34. The summed E-state index contributed by atoms with van der Waals surface area (Å²) in [6, 6.07) is 14.6. The van der Waals surface area contributed by atoms with Crippen LogP contribution < -0.4 is 18.9 Å². The van der Waals surface area contributed by atoms with E-state index in [-0.39, 0.29) is 11.6 Å². The number of carbonyl (C=O) groups is 1. The van der Waals surface area contributed by atoms with E-state index in [9.17, 15) is 14.9 Å². The van der Waals surface area contributed by atoms with Crippen molar-refractivity contribution in [3.63, 3.8) is 0 Å². The van der Waals surface area contributed by atoms with Gasteiger partial charge in [0.1, 0.15) is 0 Å². The highest BCUT2D eigenvalue weighted by Crippen LogP contribution is 2.43. The molecule has 3 aromatic rings. The molecule has 35 heavy (non-hydrogen) atoms. The lowest BCUT2D eigenvalue weighted by Crippen LogP contribution is -2.40. The first-order valence-corrected chi connectivity index (χ1v) is 10.9. The van der Waals surface area contributed by atoms with Crippen LogP contribution in [0.15, 0.2) is 54.6 Å². The third-order valence-corrected chi connectivity index (χ3v) is 6.18. The topological polar surface area (TPSA) is 100 Å². The van der Waals surface area contributed by atoms with Gasteiger partial charge in [-0.05, 0) is 59.5 Å². The van der Waals surface area contributed by atoms with Crippen molar-refractivity contribution in [3.8, 4) is 23.0 Å². The van der Waals surface area contributed by atoms with E-state index in [0.29, 0.717) is 41.5 Å². The number of non-ortho nitro benzene ring substituents is 1. The monoisotopic (exact) mass is 478 g/mol. The summed E-state index contributed by atoms with van der Waals surface area (Å²) >= 11 is 0. The third kappa shape index (κ3) is 4.44. The largest absolute Gasteiger partial charge is 0.493 e. The Bertz CT molecular complexity index is 1260. The first kappa shape index (κ1) is 23.9. The van der Waals surface area contributed by atoms with Gasteiger partial charge >= 0.3 is 0 Å². The Labute approximate surface area is 202 Å². The smallest absolute Gasteiger partial charge is 0.269 e. The van der Waals surface area contributed by atoms with Gasteiger partial charge in [0.25, 0.3) is 11.6 Å². The molecule has 0 N–H and O–H groups in total. The molecule has 0 bridgehead atoms. The molecular formula is C26H26N2O7. The molecule has 3 aromatic carbocycles. The van der Waals surface area contributed by atoms with Crippen molar-refractivity contribution in [2.75, 3.05) is 35.0 Å². The van der Waals surface area contributed by atoms with Gasteiger partial charge in [0.15, 0.2) is 23.0 Å². The number of nitro groups is 1. The van der Waals surface area contributed by atoms with E-state index < -0.39 is 11.0 Å². The standard InChI is InChI=1S/C26H26N2O7/c1-32-21-10-7-18(14-22(21)33-2)25-20-15-24(35-4)23(34-3)13-17(20)11-12-27(25)26(29)16-5-8-19(9-6-16)28(30)31/h5-10,13-15,25H,11-12H2,1-4H3/t25-/m0/s1. The van der Waals surface area contributed by atoms with Gasteiger partial charge in [0.2, 0.25) is 0 Å². The normalized spacial score (nSPS) is 14.6. The maximum absolute atomic E-state index is 13.7. The van der Waals surface area contributed by atoms with Crippen molar-refractivity contribution in [2.24, 2.45) is 0 Å². The number of amides is 1. The minimum Gasteiger partial charge on any atom is -0.493 e. The van der Waals surface area contributed by atoms with Gasteiger partial charge < -0.3 is 23.8 Å². The zero-order valence-electron chi connectivity index (χ0n) is 19.9. The molecule has 9 heteroatoms. The highest BCUT2D eigenvalue weighted by molar-refractivity contribution is 5.95. The zero-order chi connectivity index (χ0) is 25.1. The van der Waals surface area contributed by atoms with Crippen LogP contribution in [-0.4, -0.2) is 50.7 Å². The number of carbonyl (C=O) groups excluding carboxylic acids is 1. The number of hydrogen-bond acceptors (Lipinski definition) is 7. The van der Waals surface area contributed by atoms with Crippen LogP contribution in [0, 0.1) is 10.1 Å². The van der Waals surface area contributed by atoms with Gasteiger partial charge in [-0.3, -0.25) is 14.9 Å². The van der Waals surface area contributed by atoms with E-state index in [4.69, 9.17) is 18.9 Å². The summed E-state index contributed by atoms with van der Waals surface area (Å²) in [4.78, 5) is 26.0. The molecule has 182 valence electrons. The third-order valence-electron chi connectivity index (χ3n) is 6.18. The van der Waals surface area contributed by atoms with Crippen LogP contribution in [0.2, 0.25) is 0 Å². The summed E-state index contributed by atoms with van der Waals surface area (Å²) in [5.74, 6) is 2.06. The average molecular weight is 479 g/mol. The Kier molecular flexibility index (Phi) is 6.77. The van der Waals surface area contributed by atoms with E-state index in [1.54, 1.807) is 39.4 Å². The lowest BCUT2D eigenvalue weighted by molar-refractivity contribution is -0.384. The molecule has 1 aliphatic rings. The Hall–Kier alpha value is -4.27. The van der Waals surface area contributed by atoms with Gasteiger partial charge in [-0.15, -0.1) is 0 Å². The second-order valence-corrected chi connectivity index (χ2v) is 7.98. The van der Waals surface area contributed by atoms with Gasteiger partial charge in [-0.1, -0.05) is 6.07 Å². The fraction of sp³-hybridized carbons (Fsp3) is 0.269. The van der Waals surface area contributed by atoms with Gasteiger partial charge in [0.05, 0.1) is 39.4 Å². The quantitative estimate of drug-likeness (QED) is 0.366. The minimum absolute atomic E-state index is 0.0705. The Balaban J connectivity index is 1.85. The van der Waals surface area contributed by atoms with Crippen molar-refractivity contribution in [1.82, 2.24) is 4.90 Å². The Morgan fingerprint density at radius 2 is 1.46 bits per heavy atom. The summed E-state index contributed by atoms with van der Waals surface area (Å²) in [5.41, 5.74) is 3.06. The number of rotatable bonds is 7. The molecule has 0 aromatic heterocycles. The number of nitrogens with zero attached hydrogens (tertiary/aromatic N) is 2. The molecule has 0 fully saturated rings. The average Bonchev–Trinajstić information content (AvgIpc) is 2.90. The maximum Gasteiger partial charge on any atom is 0.269 e. The molecule has 9 nitrogen and oxygen atoms in total. The molecular weight excluding hydrogens is 452 g/mol. The van der Waals surface area contributed by atoms with Crippen LogP contribution in [0.5, 0.6) is 23.0 Å².